The van der Waals surface area contributed by atoms with Crippen molar-refractivity contribution in [3.63, 3.8) is 0 Å². The number of hydrogen-bond acceptors (Lipinski definition) is 3. The third kappa shape index (κ3) is 2.98. The number of carbonyl (C=O) groups is 1. The molecule has 1 amide bonds. The van der Waals surface area contributed by atoms with Crippen molar-refractivity contribution in [3.05, 3.63) is 75.7 Å². The minimum absolute atomic E-state index is 0.105. The van der Waals surface area contributed by atoms with E-state index in [1.165, 1.54) is 11.3 Å². The number of halogens is 1. The van der Waals surface area contributed by atoms with Crippen molar-refractivity contribution in [1.29, 1.82) is 0 Å². The predicted octanol–water partition coefficient (Wildman–Crippen LogP) is 5.08. The van der Waals surface area contributed by atoms with Crippen LogP contribution in [0.1, 0.15) is 9.67 Å². The zero-order valence-corrected chi connectivity index (χ0v) is 14.8. The SMILES string of the molecule is O=C(Nc1ccc(-c2cn3ccccc3n2)cc1)c1cc(Br)cs1. The van der Waals surface area contributed by atoms with Crippen LogP contribution in [0.4, 0.5) is 5.69 Å². The first-order valence-corrected chi connectivity index (χ1v) is 8.96. The molecule has 0 bridgehead atoms. The maximum Gasteiger partial charge on any atom is 0.265 e. The standard InChI is InChI=1S/C18H12BrN3OS/c19-13-9-16(24-11-13)18(23)20-14-6-4-12(5-7-14)15-10-22-8-2-1-3-17(22)21-15/h1-11H,(H,20,23). The van der Waals surface area contributed by atoms with Crippen molar-refractivity contribution in [2.75, 3.05) is 5.32 Å². The average Bonchev–Trinajstić information content (AvgIpc) is 3.21. The fourth-order valence-electron chi connectivity index (χ4n) is 2.42. The normalized spacial score (nSPS) is 10.9. The summed E-state index contributed by atoms with van der Waals surface area (Å²) in [6.07, 6.45) is 3.96. The van der Waals surface area contributed by atoms with Crippen LogP contribution in [0.15, 0.2) is 70.8 Å². The smallest absolute Gasteiger partial charge is 0.265 e. The van der Waals surface area contributed by atoms with Crippen LogP contribution in [0.25, 0.3) is 16.9 Å². The number of fused-ring (bicyclic) bond motifs is 1. The summed E-state index contributed by atoms with van der Waals surface area (Å²) in [6.45, 7) is 0. The number of nitrogens with one attached hydrogen (secondary N) is 1. The second kappa shape index (κ2) is 6.22. The number of anilines is 1. The second-order valence-corrected chi connectivity index (χ2v) is 7.08. The van der Waals surface area contributed by atoms with Gasteiger partial charge in [0.25, 0.3) is 5.91 Å². The third-order valence-corrected chi connectivity index (χ3v) is 5.28. The summed E-state index contributed by atoms with van der Waals surface area (Å²) in [5, 5.41) is 4.79. The minimum Gasteiger partial charge on any atom is -0.321 e. The van der Waals surface area contributed by atoms with Crippen LogP contribution < -0.4 is 5.32 Å². The number of benzene rings is 1. The van der Waals surface area contributed by atoms with Crippen molar-refractivity contribution in [3.8, 4) is 11.3 Å². The van der Waals surface area contributed by atoms with Crippen LogP contribution >= 0.6 is 27.3 Å². The highest BCUT2D eigenvalue weighted by atomic mass is 79.9. The number of rotatable bonds is 3. The lowest BCUT2D eigenvalue weighted by Crippen LogP contribution is -2.09. The van der Waals surface area contributed by atoms with Crippen molar-refractivity contribution in [2.45, 2.75) is 0 Å². The van der Waals surface area contributed by atoms with Crippen molar-refractivity contribution in [2.24, 2.45) is 0 Å². The van der Waals surface area contributed by atoms with Gasteiger partial charge in [0, 0.05) is 33.5 Å². The minimum atomic E-state index is -0.105. The lowest BCUT2D eigenvalue weighted by atomic mass is 10.1. The molecule has 1 aromatic carbocycles. The Morgan fingerprint density at radius 1 is 1.17 bits per heavy atom. The molecule has 4 aromatic rings. The number of nitrogens with zero attached hydrogens (tertiary/aromatic N) is 2. The average molecular weight is 398 g/mol. The topological polar surface area (TPSA) is 46.4 Å². The number of hydrogen-bond donors (Lipinski definition) is 1. The molecular formula is C18H12BrN3OS. The van der Waals surface area contributed by atoms with Crippen molar-refractivity contribution in [1.82, 2.24) is 9.38 Å². The molecule has 0 fully saturated rings. The van der Waals surface area contributed by atoms with Gasteiger partial charge in [0.15, 0.2) is 0 Å². The molecule has 0 aliphatic rings. The maximum atomic E-state index is 12.2. The van der Waals surface area contributed by atoms with E-state index in [2.05, 4.69) is 26.2 Å². The summed E-state index contributed by atoms with van der Waals surface area (Å²) < 4.78 is 2.90. The van der Waals surface area contributed by atoms with Gasteiger partial charge in [0.05, 0.1) is 10.6 Å². The van der Waals surface area contributed by atoms with Gasteiger partial charge in [-0.3, -0.25) is 4.79 Å². The van der Waals surface area contributed by atoms with Gasteiger partial charge in [0.1, 0.15) is 5.65 Å². The Morgan fingerprint density at radius 3 is 2.71 bits per heavy atom. The van der Waals surface area contributed by atoms with Crippen molar-refractivity contribution >= 4 is 44.5 Å². The zero-order chi connectivity index (χ0) is 16.5. The van der Waals surface area contributed by atoms with Gasteiger partial charge in [0.2, 0.25) is 0 Å². The molecule has 0 aliphatic heterocycles. The molecule has 4 rings (SSSR count). The van der Waals surface area contributed by atoms with Gasteiger partial charge >= 0.3 is 0 Å². The van der Waals surface area contributed by atoms with Crippen LogP contribution in [0, 0.1) is 0 Å². The number of thiophene rings is 1. The molecule has 0 radical (unpaired) electrons. The highest BCUT2D eigenvalue weighted by molar-refractivity contribution is 9.10. The molecule has 4 nitrogen and oxygen atoms in total. The first-order valence-electron chi connectivity index (χ1n) is 7.28. The predicted molar refractivity (Wildman–Crippen MR) is 101 cm³/mol. The first kappa shape index (κ1) is 15.1. The fraction of sp³-hybridized carbons (Fsp3) is 0. The number of imidazole rings is 1. The van der Waals surface area contributed by atoms with Gasteiger partial charge in [-0.05, 0) is 46.3 Å². The Morgan fingerprint density at radius 2 is 2.00 bits per heavy atom. The van der Waals surface area contributed by atoms with Gasteiger partial charge in [-0.25, -0.2) is 4.98 Å². The number of amides is 1. The van der Waals surface area contributed by atoms with Crippen LogP contribution in [-0.4, -0.2) is 15.3 Å². The molecular weight excluding hydrogens is 386 g/mol. The molecule has 118 valence electrons. The van der Waals surface area contributed by atoms with Gasteiger partial charge in [-0.2, -0.15) is 0 Å². The van der Waals surface area contributed by atoms with E-state index in [1.807, 2.05) is 70.7 Å². The Labute approximate surface area is 150 Å². The Bertz CT molecular complexity index is 987. The molecule has 0 spiro atoms. The van der Waals surface area contributed by atoms with Crippen molar-refractivity contribution < 1.29 is 4.79 Å². The van der Waals surface area contributed by atoms with E-state index in [0.717, 1.165) is 27.1 Å². The molecule has 0 saturated carbocycles. The number of pyridine rings is 1. The zero-order valence-electron chi connectivity index (χ0n) is 12.4. The summed E-state index contributed by atoms with van der Waals surface area (Å²) >= 11 is 4.76. The van der Waals surface area contributed by atoms with E-state index in [-0.39, 0.29) is 5.91 Å². The first-order chi connectivity index (χ1) is 11.7. The molecule has 6 heteroatoms. The maximum absolute atomic E-state index is 12.2. The van der Waals surface area contributed by atoms with Crippen LogP contribution in [-0.2, 0) is 0 Å². The van der Waals surface area contributed by atoms with E-state index in [1.54, 1.807) is 0 Å². The van der Waals surface area contributed by atoms with E-state index in [9.17, 15) is 4.79 Å². The third-order valence-electron chi connectivity index (χ3n) is 3.59. The highest BCUT2D eigenvalue weighted by Gasteiger charge is 2.09. The second-order valence-electron chi connectivity index (χ2n) is 5.25. The molecule has 3 heterocycles. The Balaban J connectivity index is 1.55. The molecule has 24 heavy (non-hydrogen) atoms. The van der Waals surface area contributed by atoms with E-state index < -0.39 is 0 Å². The number of carbonyl (C=O) groups excluding carboxylic acids is 1. The number of aromatic nitrogens is 2. The quantitative estimate of drug-likeness (QED) is 0.523. The molecule has 3 aromatic heterocycles. The Kier molecular flexibility index (Phi) is 3.92. The van der Waals surface area contributed by atoms with Crippen LogP contribution in [0.3, 0.4) is 0 Å². The largest absolute Gasteiger partial charge is 0.321 e. The van der Waals surface area contributed by atoms with Gasteiger partial charge < -0.3 is 9.72 Å². The Hall–Kier alpha value is -2.44. The van der Waals surface area contributed by atoms with E-state index in [0.29, 0.717) is 4.88 Å². The molecule has 0 saturated heterocycles. The fourth-order valence-corrected chi connectivity index (χ4v) is 3.74. The molecule has 1 N–H and O–H groups in total. The summed E-state index contributed by atoms with van der Waals surface area (Å²) in [6, 6.07) is 15.4. The van der Waals surface area contributed by atoms with Crippen LogP contribution in [0.5, 0.6) is 0 Å². The van der Waals surface area contributed by atoms with Gasteiger partial charge in [-0.1, -0.05) is 18.2 Å². The summed E-state index contributed by atoms with van der Waals surface area (Å²) in [4.78, 5) is 17.4. The van der Waals surface area contributed by atoms with E-state index in [4.69, 9.17) is 0 Å². The summed E-state index contributed by atoms with van der Waals surface area (Å²) in [5.74, 6) is -0.105. The molecule has 0 aliphatic carbocycles. The molecule has 0 unspecified atom stereocenters. The van der Waals surface area contributed by atoms with E-state index >= 15 is 0 Å². The van der Waals surface area contributed by atoms with Crippen LogP contribution in [0.2, 0.25) is 0 Å². The molecule has 0 atom stereocenters. The van der Waals surface area contributed by atoms with Gasteiger partial charge in [-0.15, -0.1) is 11.3 Å². The lowest BCUT2D eigenvalue weighted by Gasteiger charge is -2.04. The summed E-state index contributed by atoms with van der Waals surface area (Å²) in [7, 11) is 0. The lowest BCUT2D eigenvalue weighted by molar-refractivity contribution is 0.103. The monoisotopic (exact) mass is 397 g/mol. The summed E-state index contributed by atoms with van der Waals surface area (Å²) in [5.41, 5.74) is 3.59. The highest BCUT2D eigenvalue weighted by Crippen LogP contribution is 2.23.